The Morgan fingerprint density at radius 3 is 2.50 bits per heavy atom. The molecule has 0 radical (unpaired) electrons. The monoisotopic (exact) mass is 356 g/mol. The highest BCUT2D eigenvalue weighted by molar-refractivity contribution is 7.83. The third kappa shape index (κ3) is 4.82. The number of nitrogens with one attached hydrogen (secondary N) is 2. The molecule has 0 heterocycles. The number of carbonyl (C=O) groups excluding carboxylic acids is 1. The van der Waals surface area contributed by atoms with Gasteiger partial charge < -0.3 is 0 Å². The lowest BCUT2D eigenvalue weighted by atomic mass is 10.1. The second kappa shape index (κ2) is 7.48. The van der Waals surface area contributed by atoms with E-state index in [9.17, 15) is 22.2 Å². The van der Waals surface area contributed by atoms with Crippen LogP contribution in [0, 0.1) is 0 Å². The van der Waals surface area contributed by atoms with Gasteiger partial charge in [0.1, 0.15) is 0 Å². The molecule has 2 rings (SSSR count). The third-order valence-electron chi connectivity index (χ3n) is 3.10. The van der Waals surface area contributed by atoms with Crippen LogP contribution in [0.1, 0.15) is 21.5 Å². The topological polar surface area (TPSA) is 58.2 Å². The van der Waals surface area contributed by atoms with Gasteiger partial charge >= 0.3 is 6.18 Å². The van der Waals surface area contributed by atoms with Gasteiger partial charge in [-0.15, -0.1) is 0 Å². The third-order valence-corrected chi connectivity index (χ3v) is 3.84. The zero-order valence-electron chi connectivity index (χ0n) is 12.7. The SMILES string of the molecule is CS(=O)Cc1cccc(C(=O)NNc2ccccc2C(F)(F)F)c1. The molecule has 1 atom stereocenters. The maximum Gasteiger partial charge on any atom is 0.418 e. The van der Waals surface area contributed by atoms with Gasteiger partial charge in [0.2, 0.25) is 0 Å². The number of benzene rings is 2. The van der Waals surface area contributed by atoms with Crippen molar-refractivity contribution < 1.29 is 22.2 Å². The van der Waals surface area contributed by atoms with Crippen molar-refractivity contribution in [3.05, 3.63) is 65.2 Å². The first-order valence-corrected chi connectivity index (χ1v) is 8.61. The number of hydrazine groups is 1. The van der Waals surface area contributed by atoms with Crippen LogP contribution in [0.2, 0.25) is 0 Å². The summed E-state index contributed by atoms with van der Waals surface area (Å²) in [6.07, 6.45) is -2.98. The summed E-state index contributed by atoms with van der Waals surface area (Å²) < 4.78 is 49.9. The van der Waals surface area contributed by atoms with Crippen LogP contribution in [0.3, 0.4) is 0 Å². The molecule has 1 amide bonds. The molecule has 0 aliphatic heterocycles. The van der Waals surface area contributed by atoms with E-state index in [1.807, 2.05) is 0 Å². The number of rotatable bonds is 5. The number of alkyl halides is 3. The van der Waals surface area contributed by atoms with Gasteiger partial charge in [0.05, 0.1) is 11.3 Å². The Kier molecular flexibility index (Phi) is 5.61. The Morgan fingerprint density at radius 2 is 1.83 bits per heavy atom. The average Bonchev–Trinajstić information content (AvgIpc) is 2.51. The van der Waals surface area contributed by atoms with E-state index < -0.39 is 28.4 Å². The van der Waals surface area contributed by atoms with Crippen LogP contribution in [0.15, 0.2) is 48.5 Å². The predicted octanol–water partition coefficient (Wildman–Crippen LogP) is 3.34. The summed E-state index contributed by atoms with van der Waals surface area (Å²) in [4.78, 5) is 12.1. The van der Waals surface area contributed by atoms with Crippen molar-refractivity contribution in [1.29, 1.82) is 0 Å². The van der Waals surface area contributed by atoms with Crippen molar-refractivity contribution >= 4 is 22.4 Å². The molecule has 0 aromatic heterocycles. The molecule has 1 unspecified atom stereocenters. The largest absolute Gasteiger partial charge is 0.418 e. The minimum Gasteiger partial charge on any atom is -0.298 e. The first-order chi connectivity index (χ1) is 11.3. The van der Waals surface area contributed by atoms with E-state index >= 15 is 0 Å². The van der Waals surface area contributed by atoms with Crippen molar-refractivity contribution in [2.45, 2.75) is 11.9 Å². The van der Waals surface area contributed by atoms with Gasteiger partial charge in [-0.05, 0) is 29.8 Å². The highest BCUT2D eigenvalue weighted by Crippen LogP contribution is 2.34. The number of amides is 1. The summed E-state index contributed by atoms with van der Waals surface area (Å²) >= 11 is 0. The number of halogens is 3. The lowest BCUT2D eigenvalue weighted by molar-refractivity contribution is -0.137. The lowest BCUT2D eigenvalue weighted by Gasteiger charge is -2.15. The van der Waals surface area contributed by atoms with Gasteiger partial charge in [0.25, 0.3) is 5.91 Å². The predicted molar refractivity (Wildman–Crippen MR) is 86.7 cm³/mol. The van der Waals surface area contributed by atoms with Gasteiger partial charge in [0.15, 0.2) is 0 Å². The van der Waals surface area contributed by atoms with E-state index in [0.717, 1.165) is 6.07 Å². The number of hydrogen-bond donors (Lipinski definition) is 2. The van der Waals surface area contributed by atoms with Crippen LogP contribution < -0.4 is 10.9 Å². The zero-order valence-corrected chi connectivity index (χ0v) is 13.5. The minimum atomic E-state index is -4.53. The number of para-hydroxylation sites is 1. The summed E-state index contributed by atoms with van der Waals surface area (Å²) in [5.41, 5.74) is 4.39. The van der Waals surface area contributed by atoms with Crippen LogP contribution in [0.4, 0.5) is 18.9 Å². The summed E-state index contributed by atoms with van der Waals surface area (Å²) in [5.74, 6) is -0.290. The summed E-state index contributed by atoms with van der Waals surface area (Å²) in [6.45, 7) is 0. The highest BCUT2D eigenvalue weighted by Gasteiger charge is 2.33. The van der Waals surface area contributed by atoms with Crippen molar-refractivity contribution in [3.63, 3.8) is 0 Å². The van der Waals surface area contributed by atoms with Gasteiger partial charge in [-0.1, -0.05) is 24.3 Å². The van der Waals surface area contributed by atoms with Crippen molar-refractivity contribution in [2.75, 3.05) is 11.7 Å². The van der Waals surface area contributed by atoms with Crippen molar-refractivity contribution in [1.82, 2.24) is 5.43 Å². The fourth-order valence-electron chi connectivity index (χ4n) is 2.07. The normalized spacial score (nSPS) is 12.5. The zero-order chi connectivity index (χ0) is 17.7. The van der Waals surface area contributed by atoms with Gasteiger partial charge in [0, 0.05) is 28.4 Å². The molecule has 0 saturated heterocycles. The first kappa shape index (κ1) is 18.0. The molecule has 128 valence electrons. The van der Waals surface area contributed by atoms with E-state index in [4.69, 9.17) is 0 Å². The minimum absolute atomic E-state index is 0.246. The second-order valence-corrected chi connectivity index (χ2v) is 6.48. The van der Waals surface area contributed by atoms with Crippen LogP contribution in [-0.4, -0.2) is 16.4 Å². The quantitative estimate of drug-likeness (QED) is 0.808. The van der Waals surface area contributed by atoms with Crippen molar-refractivity contribution in [2.24, 2.45) is 0 Å². The summed E-state index contributed by atoms with van der Waals surface area (Å²) in [6, 6.07) is 11.3. The molecule has 8 heteroatoms. The molecule has 2 aromatic carbocycles. The van der Waals surface area contributed by atoms with Gasteiger partial charge in [-0.2, -0.15) is 13.2 Å². The van der Waals surface area contributed by atoms with Gasteiger partial charge in [-0.25, -0.2) is 0 Å². The van der Waals surface area contributed by atoms with E-state index in [0.29, 0.717) is 11.3 Å². The van der Waals surface area contributed by atoms with Crippen LogP contribution in [0.25, 0.3) is 0 Å². The molecule has 24 heavy (non-hydrogen) atoms. The Labute approximate surface area is 139 Å². The molecule has 0 fully saturated rings. The van der Waals surface area contributed by atoms with E-state index in [1.54, 1.807) is 24.5 Å². The van der Waals surface area contributed by atoms with E-state index in [2.05, 4.69) is 10.9 Å². The number of hydrogen-bond acceptors (Lipinski definition) is 3. The Balaban J connectivity index is 2.11. The summed E-state index contributed by atoms with van der Waals surface area (Å²) in [7, 11) is -1.06. The molecular weight excluding hydrogens is 341 g/mol. The van der Waals surface area contributed by atoms with Crippen molar-refractivity contribution in [3.8, 4) is 0 Å². The highest BCUT2D eigenvalue weighted by atomic mass is 32.2. The molecule has 4 nitrogen and oxygen atoms in total. The Morgan fingerprint density at radius 1 is 1.12 bits per heavy atom. The molecular formula is C16H15F3N2O2S. The second-order valence-electron chi connectivity index (χ2n) is 5.04. The molecule has 0 aliphatic carbocycles. The van der Waals surface area contributed by atoms with Crippen LogP contribution in [0.5, 0.6) is 0 Å². The fraction of sp³-hybridized carbons (Fsp3) is 0.188. The fourth-order valence-corrected chi connectivity index (χ4v) is 2.72. The lowest BCUT2D eigenvalue weighted by Crippen LogP contribution is -2.30. The maximum atomic E-state index is 12.9. The number of carbonyl (C=O) groups is 1. The molecule has 0 aliphatic rings. The summed E-state index contributed by atoms with van der Waals surface area (Å²) in [5, 5.41) is 0. The number of anilines is 1. The van der Waals surface area contributed by atoms with E-state index in [-0.39, 0.29) is 11.3 Å². The smallest absolute Gasteiger partial charge is 0.298 e. The Bertz CT molecular complexity index is 763. The van der Waals surface area contributed by atoms with Crippen LogP contribution in [-0.2, 0) is 22.7 Å². The average molecular weight is 356 g/mol. The van der Waals surface area contributed by atoms with Gasteiger partial charge in [-0.3, -0.25) is 19.9 Å². The maximum absolute atomic E-state index is 12.9. The molecule has 0 saturated carbocycles. The van der Waals surface area contributed by atoms with Crippen LogP contribution >= 0.6 is 0 Å². The molecule has 2 N–H and O–H groups in total. The Hall–Kier alpha value is -2.35. The molecule has 0 bridgehead atoms. The molecule has 0 spiro atoms. The van der Waals surface area contributed by atoms with E-state index in [1.165, 1.54) is 24.3 Å². The molecule has 2 aromatic rings. The standard InChI is InChI=1S/C16H15F3N2O2S/c1-24(23)10-11-5-4-6-12(9-11)15(22)21-20-14-8-3-2-7-13(14)16(17,18)19/h2-9,20H,10H2,1H3,(H,21,22). The first-order valence-electron chi connectivity index (χ1n) is 6.89.